The zero-order chi connectivity index (χ0) is 11.6. The summed E-state index contributed by atoms with van der Waals surface area (Å²) in [5.74, 6) is -0.198. The van der Waals surface area contributed by atoms with Gasteiger partial charge in [0, 0.05) is 12.1 Å². The van der Waals surface area contributed by atoms with Gasteiger partial charge in [-0.1, -0.05) is 18.9 Å². The molecule has 0 saturated heterocycles. The van der Waals surface area contributed by atoms with E-state index >= 15 is 0 Å². The largest absolute Gasteiger partial charge is 0.307 e. The normalized spacial score (nSPS) is 18.9. The zero-order valence-electron chi connectivity index (χ0n) is 9.52. The number of benzene rings is 1. The van der Waals surface area contributed by atoms with Crippen LogP contribution in [0, 0.1) is 5.82 Å². The summed E-state index contributed by atoms with van der Waals surface area (Å²) < 4.78 is 13.6. The Bertz CT molecular complexity index is 372. The first kappa shape index (κ1) is 12.1. The monoisotopic (exact) mass is 285 g/mol. The molecule has 0 heterocycles. The van der Waals surface area contributed by atoms with Crippen LogP contribution >= 0.6 is 15.9 Å². The number of hydrogen-bond acceptors (Lipinski definition) is 1. The predicted octanol–water partition coefficient (Wildman–Crippen LogP) is 4.01. The molecule has 1 N–H and O–H groups in total. The number of rotatable bonds is 3. The van der Waals surface area contributed by atoms with Crippen molar-refractivity contribution in [2.45, 2.75) is 44.7 Å². The molecule has 1 aliphatic rings. The third-order valence-electron chi connectivity index (χ3n) is 3.41. The first-order chi connectivity index (χ1) is 7.59. The summed E-state index contributed by atoms with van der Waals surface area (Å²) in [5, 5.41) is 3.58. The molecule has 0 amide bonds. The first-order valence-corrected chi connectivity index (χ1v) is 6.57. The summed E-state index contributed by atoms with van der Waals surface area (Å²) in [5.41, 5.74) is 1.40. The highest BCUT2D eigenvalue weighted by Crippen LogP contribution is 2.29. The summed E-state index contributed by atoms with van der Waals surface area (Å²) >= 11 is 3.21. The van der Waals surface area contributed by atoms with Crippen LogP contribution in [0.25, 0.3) is 0 Å². The highest BCUT2D eigenvalue weighted by molar-refractivity contribution is 9.10. The van der Waals surface area contributed by atoms with E-state index in [1.807, 2.05) is 12.1 Å². The molecule has 0 spiro atoms. The topological polar surface area (TPSA) is 12.0 Å². The van der Waals surface area contributed by atoms with E-state index in [0.717, 1.165) is 12.1 Å². The van der Waals surface area contributed by atoms with Crippen molar-refractivity contribution in [2.24, 2.45) is 0 Å². The summed E-state index contributed by atoms with van der Waals surface area (Å²) in [4.78, 5) is 0. The molecule has 0 radical (unpaired) electrons. The second-order valence-electron chi connectivity index (χ2n) is 4.87. The average molecular weight is 286 g/mol. The Hall–Kier alpha value is -0.410. The summed E-state index contributed by atoms with van der Waals surface area (Å²) in [7, 11) is 0. The molecule has 0 unspecified atom stereocenters. The van der Waals surface area contributed by atoms with E-state index in [2.05, 4.69) is 28.2 Å². The smallest absolute Gasteiger partial charge is 0.137 e. The maximum absolute atomic E-state index is 13.0. The molecule has 0 atom stereocenters. The molecule has 16 heavy (non-hydrogen) atoms. The lowest BCUT2D eigenvalue weighted by Crippen LogP contribution is -2.38. The van der Waals surface area contributed by atoms with E-state index in [9.17, 15) is 4.39 Å². The third kappa shape index (κ3) is 2.83. The lowest BCUT2D eigenvalue weighted by molar-refractivity contribution is 0.362. The van der Waals surface area contributed by atoms with Gasteiger partial charge >= 0.3 is 0 Å². The van der Waals surface area contributed by atoms with Gasteiger partial charge in [-0.25, -0.2) is 4.39 Å². The van der Waals surface area contributed by atoms with E-state index < -0.39 is 0 Å². The molecule has 88 valence electrons. The predicted molar refractivity (Wildman–Crippen MR) is 67.8 cm³/mol. The minimum absolute atomic E-state index is 0.198. The van der Waals surface area contributed by atoms with Crippen LogP contribution < -0.4 is 5.32 Å². The van der Waals surface area contributed by atoms with Gasteiger partial charge in [0.15, 0.2) is 0 Å². The Morgan fingerprint density at radius 2 is 2.06 bits per heavy atom. The van der Waals surface area contributed by atoms with Crippen molar-refractivity contribution in [3.63, 3.8) is 0 Å². The molecule has 0 aromatic heterocycles. The maximum atomic E-state index is 13.0. The molecular weight excluding hydrogens is 269 g/mol. The molecule has 1 aromatic carbocycles. The Morgan fingerprint density at radius 1 is 1.38 bits per heavy atom. The molecule has 1 nitrogen and oxygen atoms in total. The van der Waals surface area contributed by atoms with Crippen molar-refractivity contribution >= 4 is 15.9 Å². The van der Waals surface area contributed by atoms with Gasteiger partial charge in [0.05, 0.1) is 4.47 Å². The van der Waals surface area contributed by atoms with Crippen LogP contribution in [0.2, 0.25) is 0 Å². The summed E-state index contributed by atoms with van der Waals surface area (Å²) in [6.07, 6.45) is 5.12. The quantitative estimate of drug-likeness (QED) is 0.885. The van der Waals surface area contributed by atoms with Crippen LogP contribution in [0.4, 0.5) is 4.39 Å². The molecule has 1 aromatic rings. The fourth-order valence-corrected chi connectivity index (χ4v) is 2.72. The van der Waals surface area contributed by atoms with Gasteiger partial charge < -0.3 is 5.32 Å². The second-order valence-corrected chi connectivity index (χ2v) is 5.72. The van der Waals surface area contributed by atoms with Crippen LogP contribution in [0.1, 0.15) is 38.2 Å². The number of hydrogen-bond donors (Lipinski definition) is 1. The van der Waals surface area contributed by atoms with Crippen LogP contribution in [-0.2, 0) is 6.54 Å². The first-order valence-electron chi connectivity index (χ1n) is 5.78. The highest BCUT2D eigenvalue weighted by atomic mass is 79.9. The van der Waals surface area contributed by atoms with Gasteiger partial charge in [0.1, 0.15) is 5.82 Å². The average Bonchev–Trinajstić information content (AvgIpc) is 2.68. The van der Waals surface area contributed by atoms with E-state index in [-0.39, 0.29) is 11.4 Å². The fourth-order valence-electron chi connectivity index (χ4n) is 2.30. The van der Waals surface area contributed by atoms with Crippen LogP contribution in [0.5, 0.6) is 0 Å². The van der Waals surface area contributed by atoms with Crippen molar-refractivity contribution in [1.29, 1.82) is 0 Å². The van der Waals surface area contributed by atoms with Crippen molar-refractivity contribution in [3.8, 4) is 0 Å². The van der Waals surface area contributed by atoms with Crippen molar-refractivity contribution in [2.75, 3.05) is 0 Å². The molecule has 0 bridgehead atoms. The molecule has 0 aliphatic heterocycles. The zero-order valence-corrected chi connectivity index (χ0v) is 11.1. The van der Waals surface area contributed by atoms with E-state index in [1.54, 1.807) is 0 Å². The minimum atomic E-state index is -0.198. The fraction of sp³-hybridized carbons (Fsp3) is 0.538. The highest BCUT2D eigenvalue weighted by Gasteiger charge is 2.27. The van der Waals surface area contributed by atoms with Crippen molar-refractivity contribution < 1.29 is 4.39 Å². The lowest BCUT2D eigenvalue weighted by atomic mass is 10.0. The van der Waals surface area contributed by atoms with Crippen LogP contribution in [0.15, 0.2) is 22.7 Å². The SMILES string of the molecule is CC1(NCc2ccc(F)c(Br)c2)CCCC1. The van der Waals surface area contributed by atoms with Crippen LogP contribution in [-0.4, -0.2) is 5.54 Å². The summed E-state index contributed by atoms with van der Waals surface area (Å²) in [6.45, 7) is 3.09. The van der Waals surface area contributed by atoms with Gasteiger partial charge in [-0.15, -0.1) is 0 Å². The number of nitrogens with one attached hydrogen (secondary N) is 1. The number of halogens is 2. The molecular formula is C13H17BrFN. The Morgan fingerprint density at radius 3 is 2.69 bits per heavy atom. The van der Waals surface area contributed by atoms with Gasteiger partial charge in [-0.05, 0) is 53.4 Å². The molecule has 2 rings (SSSR count). The second kappa shape index (κ2) is 4.84. The van der Waals surface area contributed by atoms with E-state index in [4.69, 9.17) is 0 Å². The van der Waals surface area contributed by atoms with Crippen molar-refractivity contribution in [3.05, 3.63) is 34.1 Å². The van der Waals surface area contributed by atoms with Gasteiger partial charge in [-0.3, -0.25) is 0 Å². The summed E-state index contributed by atoms with van der Waals surface area (Å²) in [6, 6.07) is 5.20. The Labute approximate surface area is 105 Å². The Balaban J connectivity index is 1.96. The lowest BCUT2D eigenvalue weighted by Gasteiger charge is -2.25. The molecule has 1 fully saturated rings. The van der Waals surface area contributed by atoms with E-state index in [1.165, 1.54) is 31.7 Å². The van der Waals surface area contributed by atoms with Gasteiger partial charge in [0.2, 0.25) is 0 Å². The maximum Gasteiger partial charge on any atom is 0.137 e. The third-order valence-corrected chi connectivity index (χ3v) is 4.02. The minimum Gasteiger partial charge on any atom is -0.307 e. The molecule has 3 heteroatoms. The van der Waals surface area contributed by atoms with E-state index in [0.29, 0.717) is 4.47 Å². The standard InChI is InChI=1S/C13H17BrFN/c1-13(6-2-3-7-13)16-9-10-4-5-12(15)11(14)8-10/h4-5,8,16H,2-3,6-7,9H2,1H3. The van der Waals surface area contributed by atoms with Crippen LogP contribution in [0.3, 0.4) is 0 Å². The molecule has 1 aliphatic carbocycles. The Kier molecular flexibility index (Phi) is 3.65. The van der Waals surface area contributed by atoms with Gasteiger partial charge in [0.25, 0.3) is 0 Å². The van der Waals surface area contributed by atoms with Crippen molar-refractivity contribution in [1.82, 2.24) is 5.32 Å². The van der Waals surface area contributed by atoms with Gasteiger partial charge in [-0.2, -0.15) is 0 Å². The molecule has 1 saturated carbocycles.